The molecule has 1 aromatic heterocycles. The van der Waals surface area contributed by atoms with Crippen LogP contribution in [0.15, 0.2) is 4.52 Å². The normalized spacial score (nSPS) is 23.4. The molecule has 100 valence electrons. The Morgan fingerprint density at radius 1 is 1.56 bits per heavy atom. The maximum absolute atomic E-state index is 10.9. The van der Waals surface area contributed by atoms with Gasteiger partial charge in [-0.1, -0.05) is 12.1 Å². The lowest BCUT2D eigenvalue weighted by Crippen LogP contribution is -2.09. The Morgan fingerprint density at radius 2 is 2.39 bits per heavy atom. The lowest BCUT2D eigenvalue weighted by molar-refractivity contribution is -0.141. The van der Waals surface area contributed by atoms with Crippen LogP contribution in [0.5, 0.6) is 0 Å². The van der Waals surface area contributed by atoms with Gasteiger partial charge in [0.15, 0.2) is 5.82 Å². The first-order valence-electron chi connectivity index (χ1n) is 6.33. The molecule has 1 N–H and O–H groups in total. The average molecular weight is 270 g/mol. The lowest BCUT2D eigenvalue weighted by atomic mass is 10.1. The average Bonchev–Trinajstić information content (AvgIpc) is 2.97. The summed E-state index contributed by atoms with van der Waals surface area (Å²) in [5.74, 6) is 2.37. The number of hydrogen-bond donors (Lipinski definition) is 1. The maximum atomic E-state index is 10.9. The Morgan fingerprint density at radius 3 is 3.06 bits per heavy atom. The molecule has 2 atom stereocenters. The van der Waals surface area contributed by atoms with Crippen molar-refractivity contribution in [1.82, 2.24) is 10.1 Å². The summed E-state index contributed by atoms with van der Waals surface area (Å²) in [6.07, 6.45) is 3.31. The van der Waals surface area contributed by atoms with Crippen molar-refractivity contribution in [2.45, 2.75) is 44.3 Å². The Balaban J connectivity index is 1.88. The zero-order valence-corrected chi connectivity index (χ0v) is 11.3. The second-order valence-corrected chi connectivity index (χ2v) is 5.75. The highest BCUT2D eigenvalue weighted by Crippen LogP contribution is 2.37. The van der Waals surface area contributed by atoms with Crippen molar-refractivity contribution in [2.24, 2.45) is 5.92 Å². The van der Waals surface area contributed by atoms with Crippen LogP contribution in [0.3, 0.4) is 0 Å². The molecule has 1 aliphatic rings. The fraction of sp³-hybridized carbons (Fsp3) is 0.750. The summed E-state index contributed by atoms with van der Waals surface area (Å²) < 4.78 is 5.24. The van der Waals surface area contributed by atoms with Gasteiger partial charge in [-0.3, -0.25) is 4.79 Å². The molecule has 1 aromatic rings. The third kappa shape index (κ3) is 3.25. The van der Waals surface area contributed by atoms with Crippen molar-refractivity contribution in [3.8, 4) is 0 Å². The van der Waals surface area contributed by atoms with Crippen molar-refractivity contribution in [2.75, 3.05) is 5.75 Å². The topological polar surface area (TPSA) is 76.2 Å². The van der Waals surface area contributed by atoms with Gasteiger partial charge in [0.1, 0.15) is 0 Å². The van der Waals surface area contributed by atoms with Crippen molar-refractivity contribution in [1.29, 1.82) is 0 Å². The summed E-state index contributed by atoms with van der Waals surface area (Å²) in [7, 11) is 0. The molecule has 0 radical (unpaired) electrons. The molecule has 6 heteroatoms. The van der Waals surface area contributed by atoms with Crippen molar-refractivity contribution < 1.29 is 14.4 Å². The van der Waals surface area contributed by atoms with E-state index in [0.29, 0.717) is 18.7 Å². The Labute approximate surface area is 110 Å². The predicted octanol–water partition coefficient (Wildman–Crippen LogP) is 2.68. The third-order valence-corrected chi connectivity index (χ3v) is 4.35. The highest BCUT2D eigenvalue weighted by molar-refractivity contribution is 7.98. The maximum Gasteiger partial charge on any atom is 0.306 e. The number of carboxylic acid groups (broad SMARTS) is 1. The minimum atomic E-state index is -0.712. The molecular formula is C12H18N2O3S. The van der Waals surface area contributed by atoms with Gasteiger partial charge >= 0.3 is 5.97 Å². The molecule has 1 heterocycles. The van der Waals surface area contributed by atoms with Gasteiger partial charge in [-0.2, -0.15) is 16.7 Å². The van der Waals surface area contributed by atoms with Crippen molar-refractivity contribution >= 4 is 17.7 Å². The lowest BCUT2D eigenvalue weighted by Gasteiger charge is -2.02. The van der Waals surface area contributed by atoms with Crippen LogP contribution in [-0.4, -0.2) is 27.0 Å². The summed E-state index contributed by atoms with van der Waals surface area (Å²) in [5.41, 5.74) is 0. The summed E-state index contributed by atoms with van der Waals surface area (Å²) in [6, 6.07) is 0. The largest absolute Gasteiger partial charge is 0.481 e. The fourth-order valence-corrected chi connectivity index (χ4v) is 2.96. The van der Waals surface area contributed by atoms with Gasteiger partial charge < -0.3 is 9.63 Å². The number of aromatic nitrogens is 2. The highest BCUT2D eigenvalue weighted by atomic mass is 32.2. The van der Waals surface area contributed by atoms with E-state index in [1.807, 2.05) is 0 Å². The number of rotatable bonds is 6. The molecule has 0 aliphatic heterocycles. The minimum Gasteiger partial charge on any atom is -0.481 e. The number of thioether (sulfide) groups is 1. The molecular weight excluding hydrogens is 252 g/mol. The first kappa shape index (κ1) is 13.4. The van der Waals surface area contributed by atoms with Gasteiger partial charge in [-0.05, 0) is 31.4 Å². The van der Waals surface area contributed by atoms with E-state index < -0.39 is 5.97 Å². The van der Waals surface area contributed by atoms with Crippen molar-refractivity contribution in [3.63, 3.8) is 0 Å². The molecule has 1 aliphatic carbocycles. The van der Waals surface area contributed by atoms with E-state index >= 15 is 0 Å². The standard InChI is InChI=1S/C12H18N2O3S/c1-2-5-18-7-10-13-11(17-14-10)8-3-4-9(6-8)12(15)16/h8-9H,2-7H2,1H3,(H,15,16). The molecule has 0 spiro atoms. The quantitative estimate of drug-likeness (QED) is 0.801. The van der Waals surface area contributed by atoms with E-state index in [4.69, 9.17) is 9.63 Å². The van der Waals surface area contributed by atoms with E-state index in [1.54, 1.807) is 11.8 Å². The van der Waals surface area contributed by atoms with Gasteiger partial charge in [0.05, 0.1) is 11.7 Å². The summed E-state index contributed by atoms with van der Waals surface area (Å²) >= 11 is 1.79. The van der Waals surface area contributed by atoms with Gasteiger partial charge in [-0.15, -0.1) is 0 Å². The van der Waals surface area contributed by atoms with E-state index in [2.05, 4.69) is 17.1 Å². The molecule has 0 amide bonds. The van der Waals surface area contributed by atoms with Crippen LogP contribution in [0, 0.1) is 5.92 Å². The summed E-state index contributed by atoms with van der Waals surface area (Å²) in [6.45, 7) is 2.14. The number of carboxylic acids is 1. The van der Waals surface area contributed by atoms with Gasteiger partial charge in [0, 0.05) is 5.92 Å². The third-order valence-electron chi connectivity index (χ3n) is 3.19. The molecule has 2 unspecified atom stereocenters. The highest BCUT2D eigenvalue weighted by Gasteiger charge is 2.33. The van der Waals surface area contributed by atoms with Crippen LogP contribution in [0.25, 0.3) is 0 Å². The molecule has 2 rings (SSSR count). The van der Waals surface area contributed by atoms with Crippen LogP contribution < -0.4 is 0 Å². The van der Waals surface area contributed by atoms with Crippen LogP contribution in [0.1, 0.15) is 50.2 Å². The van der Waals surface area contributed by atoms with Gasteiger partial charge in [-0.25, -0.2) is 0 Å². The second-order valence-electron chi connectivity index (χ2n) is 4.65. The van der Waals surface area contributed by atoms with Crippen LogP contribution >= 0.6 is 11.8 Å². The van der Waals surface area contributed by atoms with Crippen molar-refractivity contribution in [3.05, 3.63) is 11.7 Å². The number of hydrogen-bond acceptors (Lipinski definition) is 5. The van der Waals surface area contributed by atoms with Crippen LogP contribution in [0.2, 0.25) is 0 Å². The zero-order valence-electron chi connectivity index (χ0n) is 10.5. The SMILES string of the molecule is CCCSCc1noc(C2CCC(C(=O)O)C2)n1. The first-order chi connectivity index (χ1) is 8.70. The number of carbonyl (C=O) groups is 1. The van der Waals surface area contributed by atoms with E-state index in [-0.39, 0.29) is 11.8 Å². The van der Waals surface area contributed by atoms with Crippen LogP contribution in [-0.2, 0) is 10.5 Å². The molecule has 0 saturated heterocycles. The van der Waals surface area contributed by atoms with Crippen LogP contribution in [0.4, 0.5) is 0 Å². The Kier molecular flexibility index (Phi) is 4.63. The van der Waals surface area contributed by atoms with Gasteiger partial charge in [0.25, 0.3) is 0 Å². The molecule has 1 saturated carbocycles. The Bertz CT molecular complexity index is 408. The van der Waals surface area contributed by atoms with Gasteiger partial charge in [0.2, 0.25) is 5.89 Å². The van der Waals surface area contributed by atoms with E-state index in [9.17, 15) is 4.79 Å². The molecule has 0 bridgehead atoms. The minimum absolute atomic E-state index is 0.128. The molecule has 5 nitrogen and oxygen atoms in total. The van der Waals surface area contributed by atoms with E-state index in [0.717, 1.165) is 30.2 Å². The molecule has 1 fully saturated rings. The molecule has 0 aromatic carbocycles. The number of aliphatic carboxylic acids is 1. The fourth-order valence-electron chi connectivity index (χ4n) is 2.23. The zero-order chi connectivity index (χ0) is 13.0. The monoisotopic (exact) mass is 270 g/mol. The summed E-state index contributed by atoms with van der Waals surface area (Å²) in [4.78, 5) is 15.3. The Hall–Kier alpha value is -1.04. The molecule has 18 heavy (non-hydrogen) atoms. The first-order valence-corrected chi connectivity index (χ1v) is 7.49. The predicted molar refractivity (Wildman–Crippen MR) is 68.5 cm³/mol. The number of nitrogens with zero attached hydrogens (tertiary/aromatic N) is 2. The second kappa shape index (κ2) is 6.22. The smallest absolute Gasteiger partial charge is 0.306 e. The van der Waals surface area contributed by atoms with E-state index in [1.165, 1.54) is 0 Å². The summed E-state index contributed by atoms with van der Waals surface area (Å²) in [5, 5.41) is 12.9.